The molecule has 11 aromatic rings. The van der Waals surface area contributed by atoms with Crippen LogP contribution >= 0.6 is 45.3 Å². The van der Waals surface area contributed by atoms with Crippen molar-refractivity contribution in [3.63, 3.8) is 0 Å². The van der Waals surface area contributed by atoms with Crippen LogP contribution in [0.2, 0.25) is 0 Å². The second-order valence-electron chi connectivity index (χ2n) is 15.9. The van der Waals surface area contributed by atoms with Gasteiger partial charge < -0.3 is 9.47 Å². The molecule has 1 spiro atoms. The van der Waals surface area contributed by atoms with Gasteiger partial charge in [0.05, 0.1) is 33.2 Å². The number of benzene rings is 6. The fourth-order valence-corrected chi connectivity index (χ4v) is 15.4. The second-order valence-corrected chi connectivity index (χ2v) is 19.7. The fraction of sp³-hybridized carbons (Fsp3) is 0.0370. The third kappa shape index (κ3) is 3.99. The standard InChI is InChI=1S/C54H32N2S4/c1-4-14-38-37(13-1)49-40(54(38,47-19-9-29-57-47)48-20-10-30-58-48)25-26-41-50(49)56(46-18-8-5-15-39(46)53(41)42-27-31-59-51(42)52-43(53)28-32-60-52)34-23-21-33(22-24-34)55-44-16-6-2-11-35(44)36-12-3-7-17-45(36)55/h1-32H. The zero-order chi connectivity index (χ0) is 39.2. The lowest BCUT2D eigenvalue weighted by Crippen LogP contribution is -2.36. The minimum Gasteiger partial charge on any atom is -0.309 e. The summed E-state index contributed by atoms with van der Waals surface area (Å²) in [6.07, 6.45) is 0. The maximum Gasteiger partial charge on any atom is 0.0900 e. The molecule has 6 aromatic carbocycles. The molecule has 2 aliphatic carbocycles. The topological polar surface area (TPSA) is 8.17 Å². The molecule has 5 aromatic heterocycles. The summed E-state index contributed by atoms with van der Waals surface area (Å²) in [5.74, 6) is 0. The van der Waals surface area contributed by atoms with Crippen LogP contribution in [0.1, 0.15) is 43.1 Å². The summed E-state index contributed by atoms with van der Waals surface area (Å²) in [7, 11) is 0. The van der Waals surface area contributed by atoms with Crippen LogP contribution in [-0.2, 0) is 10.8 Å². The average Bonchev–Trinajstić information content (AvgIpc) is 4.17. The van der Waals surface area contributed by atoms with Crippen molar-refractivity contribution in [1.82, 2.24) is 4.57 Å². The van der Waals surface area contributed by atoms with Crippen molar-refractivity contribution in [2.24, 2.45) is 0 Å². The first-order valence-corrected chi connectivity index (χ1v) is 23.8. The highest BCUT2D eigenvalue weighted by Gasteiger charge is 2.56. The van der Waals surface area contributed by atoms with Gasteiger partial charge in [0, 0.05) is 47.2 Å². The molecular weight excluding hydrogens is 805 g/mol. The Morgan fingerprint density at radius 3 is 1.58 bits per heavy atom. The lowest BCUT2D eigenvalue weighted by Gasteiger charge is -2.45. The molecule has 0 bridgehead atoms. The zero-order valence-electron chi connectivity index (χ0n) is 32.0. The highest BCUT2D eigenvalue weighted by molar-refractivity contribution is 7.21. The van der Waals surface area contributed by atoms with Gasteiger partial charge in [-0.2, -0.15) is 0 Å². The van der Waals surface area contributed by atoms with Crippen LogP contribution in [-0.4, -0.2) is 4.57 Å². The van der Waals surface area contributed by atoms with Gasteiger partial charge in [0.2, 0.25) is 0 Å². The average molecular weight is 837 g/mol. The Bertz CT molecular complexity index is 3380. The van der Waals surface area contributed by atoms with Crippen LogP contribution < -0.4 is 4.90 Å². The number of para-hydroxylation sites is 3. The largest absolute Gasteiger partial charge is 0.309 e. The van der Waals surface area contributed by atoms with E-state index in [4.69, 9.17) is 0 Å². The first kappa shape index (κ1) is 33.5. The molecule has 0 N–H and O–H groups in total. The van der Waals surface area contributed by atoms with E-state index in [2.05, 4.69) is 201 Å². The molecule has 0 saturated heterocycles. The van der Waals surface area contributed by atoms with E-state index in [-0.39, 0.29) is 0 Å². The van der Waals surface area contributed by atoms with Gasteiger partial charge in [-0.1, -0.05) is 103 Å². The lowest BCUT2D eigenvalue weighted by molar-refractivity contribution is 0.752. The molecule has 60 heavy (non-hydrogen) atoms. The van der Waals surface area contributed by atoms with Gasteiger partial charge >= 0.3 is 0 Å². The Labute approximate surface area is 363 Å². The molecule has 0 atom stereocenters. The van der Waals surface area contributed by atoms with Gasteiger partial charge in [0.25, 0.3) is 0 Å². The highest BCUT2D eigenvalue weighted by atomic mass is 32.1. The van der Waals surface area contributed by atoms with Crippen molar-refractivity contribution >= 4 is 84.2 Å². The number of aromatic nitrogens is 1. The monoisotopic (exact) mass is 836 g/mol. The first-order valence-electron chi connectivity index (χ1n) is 20.3. The van der Waals surface area contributed by atoms with Crippen molar-refractivity contribution in [1.29, 1.82) is 0 Å². The molecule has 282 valence electrons. The molecule has 0 amide bonds. The van der Waals surface area contributed by atoms with Crippen molar-refractivity contribution < 1.29 is 0 Å². The van der Waals surface area contributed by atoms with E-state index in [1.54, 1.807) is 0 Å². The van der Waals surface area contributed by atoms with Crippen molar-refractivity contribution in [2.45, 2.75) is 10.8 Å². The van der Waals surface area contributed by atoms with Crippen molar-refractivity contribution in [3.05, 3.63) is 235 Å². The van der Waals surface area contributed by atoms with Gasteiger partial charge in [-0.25, -0.2) is 0 Å². The molecular formula is C54H32N2S4. The minimum absolute atomic E-state index is 0.434. The third-order valence-corrected chi connectivity index (χ3v) is 17.4. The highest BCUT2D eigenvalue weighted by Crippen LogP contribution is 2.69. The lowest BCUT2D eigenvalue weighted by atomic mass is 9.64. The molecule has 14 rings (SSSR count). The summed E-state index contributed by atoms with van der Waals surface area (Å²) in [6.45, 7) is 0. The molecule has 0 saturated carbocycles. The number of hydrogen-bond donors (Lipinski definition) is 0. The summed E-state index contributed by atoms with van der Waals surface area (Å²) in [6, 6.07) is 64.4. The number of rotatable bonds is 4. The van der Waals surface area contributed by atoms with Gasteiger partial charge in [-0.05, 0) is 127 Å². The molecule has 6 heteroatoms. The van der Waals surface area contributed by atoms with E-state index in [0.717, 1.165) is 11.4 Å². The number of anilines is 3. The SMILES string of the molecule is c1csc(C2(c3cccs3)c3ccccc3-c3c2ccc2c3N(c3ccc(-n4c5ccccc5c5ccccc54)cc3)c3ccccc3C23c2ccsc2-c2sccc23)c1. The molecule has 0 radical (unpaired) electrons. The van der Waals surface area contributed by atoms with Gasteiger partial charge in [0.1, 0.15) is 0 Å². The fourth-order valence-electron chi connectivity index (χ4n) is 11.3. The number of fused-ring (bicyclic) bond motifs is 16. The first-order chi connectivity index (χ1) is 29.8. The summed E-state index contributed by atoms with van der Waals surface area (Å²) in [5.41, 5.74) is 17.1. The van der Waals surface area contributed by atoms with Crippen LogP contribution in [0.3, 0.4) is 0 Å². The molecule has 1 aliphatic heterocycles. The quantitative estimate of drug-likeness (QED) is 0.171. The van der Waals surface area contributed by atoms with Gasteiger partial charge in [-0.3, -0.25) is 0 Å². The molecule has 0 unspecified atom stereocenters. The summed E-state index contributed by atoms with van der Waals surface area (Å²) < 4.78 is 2.42. The van der Waals surface area contributed by atoms with E-state index >= 15 is 0 Å². The number of nitrogens with zero attached hydrogens (tertiary/aromatic N) is 2. The van der Waals surface area contributed by atoms with E-state index in [1.807, 2.05) is 45.3 Å². The van der Waals surface area contributed by atoms with E-state index in [0.29, 0.717) is 0 Å². The van der Waals surface area contributed by atoms with Crippen LogP contribution in [0.15, 0.2) is 191 Å². The molecule has 3 aliphatic rings. The number of hydrogen-bond acceptors (Lipinski definition) is 5. The van der Waals surface area contributed by atoms with Crippen LogP contribution in [0, 0.1) is 0 Å². The van der Waals surface area contributed by atoms with E-state index in [1.165, 1.54) is 97.2 Å². The van der Waals surface area contributed by atoms with Crippen molar-refractivity contribution in [3.8, 4) is 26.6 Å². The minimum atomic E-state index is -0.461. The Hall–Kier alpha value is -6.28. The van der Waals surface area contributed by atoms with Gasteiger partial charge in [0.15, 0.2) is 0 Å². The Balaban J connectivity index is 1.10. The molecule has 6 heterocycles. The molecule has 0 fully saturated rings. The van der Waals surface area contributed by atoms with E-state index < -0.39 is 10.8 Å². The maximum absolute atomic E-state index is 2.61. The smallest absolute Gasteiger partial charge is 0.0900 e. The Kier molecular flexibility index (Phi) is 6.79. The van der Waals surface area contributed by atoms with Crippen LogP contribution in [0.4, 0.5) is 17.1 Å². The van der Waals surface area contributed by atoms with Crippen molar-refractivity contribution in [2.75, 3.05) is 4.90 Å². The molecule has 2 nitrogen and oxygen atoms in total. The van der Waals surface area contributed by atoms with Gasteiger partial charge in [-0.15, -0.1) is 45.3 Å². The number of thiophene rings is 4. The van der Waals surface area contributed by atoms with Crippen LogP contribution in [0.25, 0.3) is 48.4 Å². The normalized spacial score (nSPS) is 14.9. The van der Waals surface area contributed by atoms with Crippen LogP contribution in [0.5, 0.6) is 0 Å². The second kappa shape index (κ2) is 12.2. The summed E-state index contributed by atoms with van der Waals surface area (Å²) >= 11 is 7.50. The summed E-state index contributed by atoms with van der Waals surface area (Å²) in [4.78, 5) is 8.11. The Morgan fingerprint density at radius 1 is 0.367 bits per heavy atom. The predicted molar refractivity (Wildman–Crippen MR) is 255 cm³/mol. The third-order valence-electron chi connectivity index (χ3n) is 13.4. The predicted octanol–water partition coefficient (Wildman–Crippen LogP) is 15.5. The summed E-state index contributed by atoms with van der Waals surface area (Å²) in [5, 5.41) is 11.6. The van der Waals surface area contributed by atoms with E-state index in [9.17, 15) is 0 Å². The zero-order valence-corrected chi connectivity index (χ0v) is 35.3. The maximum atomic E-state index is 2.61. The Morgan fingerprint density at radius 2 is 0.933 bits per heavy atom.